The van der Waals surface area contributed by atoms with Gasteiger partial charge < -0.3 is 10.4 Å². The zero-order chi connectivity index (χ0) is 19.1. The molecule has 3 rings (SSSR count). The number of benzene rings is 1. The Morgan fingerprint density at radius 2 is 1.81 bits per heavy atom. The molecule has 26 heavy (non-hydrogen) atoms. The predicted molar refractivity (Wildman–Crippen MR) is 85.6 cm³/mol. The minimum atomic E-state index is -4.58. The van der Waals surface area contributed by atoms with Gasteiger partial charge in [0.25, 0.3) is 5.91 Å². The Labute approximate surface area is 146 Å². The first-order valence-corrected chi connectivity index (χ1v) is 7.86. The lowest BCUT2D eigenvalue weighted by Crippen LogP contribution is -2.28. The smallest absolute Gasteiger partial charge is 0.433 e. The Morgan fingerprint density at radius 3 is 2.38 bits per heavy atom. The molecule has 0 bridgehead atoms. The number of aromatic nitrogens is 1. The molecule has 2 atom stereocenters. The number of carboxylic acids is 1. The van der Waals surface area contributed by atoms with Crippen molar-refractivity contribution in [3.63, 3.8) is 0 Å². The molecule has 1 aliphatic rings. The van der Waals surface area contributed by atoms with E-state index in [1.54, 1.807) is 24.3 Å². The maximum absolute atomic E-state index is 12.7. The number of fused-ring (bicyclic) bond motifs is 1. The molecule has 2 aromatic rings. The lowest BCUT2D eigenvalue weighted by atomic mass is 10.0. The number of carbonyl (C=O) groups excluding carboxylic acids is 1. The molecule has 1 aromatic carbocycles. The molecule has 1 aliphatic carbocycles. The first-order chi connectivity index (χ1) is 12.2. The van der Waals surface area contributed by atoms with Gasteiger partial charge in [-0.15, -0.1) is 0 Å². The van der Waals surface area contributed by atoms with Gasteiger partial charge in [-0.05, 0) is 36.6 Å². The highest BCUT2D eigenvalue weighted by molar-refractivity contribution is 5.95. The van der Waals surface area contributed by atoms with Gasteiger partial charge in [0.1, 0.15) is 5.69 Å². The molecule has 1 aromatic heterocycles. The van der Waals surface area contributed by atoms with E-state index in [0.29, 0.717) is 11.1 Å². The molecule has 1 amide bonds. The van der Waals surface area contributed by atoms with Gasteiger partial charge in [-0.25, -0.2) is 4.98 Å². The fourth-order valence-electron chi connectivity index (χ4n) is 3.20. The highest BCUT2D eigenvalue weighted by atomic mass is 19.4. The number of aryl methyl sites for hydroxylation is 1. The molecule has 2 unspecified atom stereocenters. The maximum Gasteiger partial charge on any atom is 0.433 e. The molecule has 136 valence electrons. The second-order valence-corrected chi connectivity index (χ2v) is 6.11. The normalized spacial score (nSPS) is 19.1. The summed E-state index contributed by atoms with van der Waals surface area (Å²) in [5, 5.41) is 12.1. The van der Waals surface area contributed by atoms with Crippen molar-refractivity contribution in [1.29, 1.82) is 0 Å². The fourth-order valence-corrected chi connectivity index (χ4v) is 3.20. The molecule has 2 N–H and O–H groups in total. The molecular weight excluding hydrogens is 349 g/mol. The fraction of sp³-hybridized carbons (Fsp3) is 0.278. The predicted octanol–water partition coefficient (Wildman–Crippen LogP) is 3.45. The van der Waals surface area contributed by atoms with Gasteiger partial charge in [0.05, 0.1) is 23.2 Å². The average molecular weight is 364 g/mol. The molecular formula is C18H15F3N2O3. The van der Waals surface area contributed by atoms with Crippen LogP contribution < -0.4 is 5.32 Å². The zero-order valence-electron chi connectivity index (χ0n) is 13.7. The lowest BCUT2D eigenvalue weighted by Gasteiger charge is -2.16. The van der Waals surface area contributed by atoms with Crippen molar-refractivity contribution in [3.8, 4) is 0 Å². The second kappa shape index (κ2) is 6.44. The van der Waals surface area contributed by atoms with E-state index in [2.05, 4.69) is 10.3 Å². The van der Waals surface area contributed by atoms with E-state index in [-0.39, 0.29) is 17.7 Å². The van der Waals surface area contributed by atoms with Crippen LogP contribution in [-0.2, 0) is 11.0 Å². The number of carbonyl (C=O) groups is 2. The number of hydrogen-bond donors (Lipinski definition) is 2. The summed E-state index contributed by atoms with van der Waals surface area (Å²) in [4.78, 5) is 27.4. The van der Waals surface area contributed by atoms with E-state index in [9.17, 15) is 27.9 Å². The molecule has 0 radical (unpaired) electrons. The minimum absolute atomic E-state index is 0.0225. The number of hydrogen-bond acceptors (Lipinski definition) is 3. The van der Waals surface area contributed by atoms with Crippen LogP contribution in [0.15, 0.2) is 36.4 Å². The standard InChI is InChI=1S/C18H15F3N2O3/c1-9-10(6-7-15(22-9)18(19,20)21)16(24)23-14-8-13(17(25)26)11-4-2-3-5-12(11)14/h2-7,13-14H,8H2,1H3,(H,23,24)(H,25,26). The molecule has 8 heteroatoms. The summed E-state index contributed by atoms with van der Waals surface area (Å²) < 4.78 is 38.1. The van der Waals surface area contributed by atoms with E-state index in [4.69, 9.17) is 0 Å². The minimum Gasteiger partial charge on any atom is -0.481 e. The summed E-state index contributed by atoms with van der Waals surface area (Å²) in [5.74, 6) is -2.31. The summed E-state index contributed by atoms with van der Waals surface area (Å²) in [7, 11) is 0. The third-order valence-electron chi connectivity index (χ3n) is 4.44. The van der Waals surface area contributed by atoms with Crippen LogP contribution in [0.3, 0.4) is 0 Å². The molecule has 5 nitrogen and oxygen atoms in total. The van der Waals surface area contributed by atoms with Gasteiger partial charge in [-0.1, -0.05) is 24.3 Å². The molecule has 0 saturated heterocycles. The maximum atomic E-state index is 12.7. The van der Waals surface area contributed by atoms with E-state index < -0.39 is 35.7 Å². The Bertz CT molecular complexity index is 880. The Hall–Kier alpha value is -2.90. The average Bonchev–Trinajstić information content (AvgIpc) is 2.93. The molecule has 0 saturated carbocycles. The van der Waals surface area contributed by atoms with E-state index in [0.717, 1.165) is 12.1 Å². The Balaban J connectivity index is 1.84. The van der Waals surface area contributed by atoms with Crippen LogP contribution in [0.4, 0.5) is 13.2 Å². The number of nitrogens with zero attached hydrogens (tertiary/aromatic N) is 1. The first-order valence-electron chi connectivity index (χ1n) is 7.86. The largest absolute Gasteiger partial charge is 0.481 e. The molecule has 1 heterocycles. The highest BCUT2D eigenvalue weighted by Gasteiger charge is 2.36. The van der Waals surface area contributed by atoms with E-state index >= 15 is 0 Å². The third-order valence-corrected chi connectivity index (χ3v) is 4.44. The monoisotopic (exact) mass is 364 g/mol. The number of nitrogens with one attached hydrogen (secondary N) is 1. The Morgan fingerprint density at radius 1 is 1.15 bits per heavy atom. The first kappa shape index (κ1) is 17.9. The van der Waals surface area contributed by atoms with Crippen molar-refractivity contribution < 1.29 is 27.9 Å². The van der Waals surface area contributed by atoms with Crippen molar-refractivity contribution in [1.82, 2.24) is 10.3 Å². The lowest BCUT2D eigenvalue weighted by molar-refractivity contribution is -0.141. The SMILES string of the molecule is Cc1nc(C(F)(F)F)ccc1C(=O)NC1CC(C(=O)O)c2ccccc21. The van der Waals surface area contributed by atoms with Crippen molar-refractivity contribution in [2.45, 2.75) is 31.5 Å². The van der Waals surface area contributed by atoms with E-state index in [1.165, 1.54) is 6.92 Å². The zero-order valence-corrected chi connectivity index (χ0v) is 13.7. The van der Waals surface area contributed by atoms with Crippen LogP contribution in [0.2, 0.25) is 0 Å². The van der Waals surface area contributed by atoms with Gasteiger partial charge in [0.15, 0.2) is 0 Å². The van der Waals surface area contributed by atoms with Gasteiger partial charge in [0, 0.05) is 0 Å². The van der Waals surface area contributed by atoms with Gasteiger partial charge in [0.2, 0.25) is 0 Å². The molecule has 0 fully saturated rings. The quantitative estimate of drug-likeness (QED) is 0.874. The number of amides is 1. The number of halogens is 3. The van der Waals surface area contributed by atoms with Crippen LogP contribution in [0.5, 0.6) is 0 Å². The summed E-state index contributed by atoms with van der Waals surface area (Å²) in [6.45, 7) is 1.33. The van der Waals surface area contributed by atoms with Crippen molar-refractivity contribution >= 4 is 11.9 Å². The van der Waals surface area contributed by atoms with Crippen molar-refractivity contribution in [2.24, 2.45) is 0 Å². The van der Waals surface area contributed by atoms with Crippen molar-refractivity contribution in [3.05, 3.63) is 64.5 Å². The molecule has 0 spiro atoms. The van der Waals surface area contributed by atoms with E-state index in [1.807, 2.05) is 0 Å². The summed E-state index contributed by atoms with van der Waals surface area (Å²) in [6, 6.07) is 8.21. The Kier molecular flexibility index (Phi) is 4.43. The number of aliphatic carboxylic acids is 1. The number of rotatable bonds is 3. The number of pyridine rings is 1. The third kappa shape index (κ3) is 3.26. The van der Waals surface area contributed by atoms with Gasteiger partial charge in [-0.2, -0.15) is 13.2 Å². The molecule has 0 aliphatic heterocycles. The van der Waals surface area contributed by atoms with Crippen LogP contribution in [0, 0.1) is 6.92 Å². The second-order valence-electron chi connectivity index (χ2n) is 6.11. The van der Waals surface area contributed by atoms with Crippen LogP contribution in [-0.4, -0.2) is 22.0 Å². The topological polar surface area (TPSA) is 79.3 Å². The van der Waals surface area contributed by atoms with Gasteiger partial charge >= 0.3 is 12.1 Å². The van der Waals surface area contributed by atoms with Crippen LogP contribution in [0.25, 0.3) is 0 Å². The van der Waals surface area contributed by atoms with Crippen molar-refractivity contribution in [2.75, 3.05) is 0 Å². The number of carboxylic acid groups (broad SMARTS) is 1. The summed E-state index contributed by atoms with van der Waals surface area (Å²) >= 11 is 0. The number of alkyl halides is 3. The van der Waals surface area contributed by atoms with Gasteiger partial charge in [-0.3, -0.25) is 9.59 Å². The highest BCUT2D eigenvalue weighted by Crippen LogP contribution is 2.40. The summed E-state index contributed by atoms with van der Waals surface area (Å²) in [5.41, 5.74) is 0.245. The van der Waals surface area contributed by atoms with Crippen LogP contribution in [0.1, 0.15) is 51.3 Å². The summed E-state index contributed by atoms with van der Waals surface area (Å²) in [6.07, 6.45) is -4.40. The van der Waals surface area contributed by atoms with Crippen LogP contribution >= 0.6 is 0 Å².